The van der Waals surface area contributed by atoms with Crippen molar-refractivity contribution < 1.29 is 19.2 Å². The van der Waals surface area contributed by atoms with Crippen molar-refractivity contribution in [3.05, 3.63) is 83.9 Å². The second-order valence-corrected chi connectivity index (χ2v) is 13.5. The average Bonchev–Trinajstić information content (AvgIpc) is 3.13. The molecule has 10 nitrogen and oxygen atoms in total. The molecular formula is C39H52N6O4. The number of benzene rings is 3. The van der Waals surface area contributed by atoms with Gasteiger partial charge in [-0.05, 0) is 67.5 Å². The van der Waals surface area contributed by atoms with Crippen molar-refractivity contribution >= 4 is 34.5 Å². The summed E-state index contributed by atoms with van der Waals surface area (Å²) in [5, 5.41) is 8.30. The molecule has 0 saturated carbocycles. The van der Waals surface area contributed by atoms with Crippen molar-refractivity contribution in [3.63, 3.8) is 0 Å². The van der Waals surface area contributed by atoms with Crippen LogP contribution in [0.4, 0.5) is 4.79 Å². The number of fused-ring (bicyclic) bond motifs is 1. The Balaban J connectivity index is 1.32. The van der Waals surface area contributed by atoms with Crippen molar-refractivity contribution in [2.45, 2.75) is 64.3 Å². The second kappa shape index (κ2) is 17.3. The van der Waals surface area contributed by atoms with Crippen LogP contribution in [0.2, 0.25) is 0 Å². The molecular weight excluding hydrogens is 616 g/mol. The highest BCUT2D eigenvalue weighted by atomic mass is 16.2. The molecule has 2 atom stereocenters. The van der Waals surface area contributed by atoms with E-state index >= 15 is 0 Å². The molecule has 49 heavy (non-hydrogen) atoms. The lowest BCUT2D eigenvalue weighted by Crippen LogP contribution is -2.60. The highest BCUT2D eigenvalue weighted by Crippen LogP contribution is 2.35. The van der Waals surface area contributed by atoms with Crippen LogP contribution < -0.4 is 16.4 Å². The molecule has 0 spiro atoms. The summed E-state index contributed by atoms with van der Waals surface area (Å²) in [6, 6.07) is 23.0. The highest BCUT2D eigenvalue weighted by Gasteiger charge is 2.44. The Labute approximate surface area is 290 Å². The average molecular weight is 669 g/mol. The second-order valence-electron chi connectivity index (χ2n) is 13.5. The Morgan fingerprint density at radius 3 is 2.24 bits per heavy atom. The number of likely N-dealkylation sites (tertiary alicyclic amines) is 1. The van der Waals surface area contributed by atoms with Gasteiger partial charge in [-0.15, -0.1) is 0 Å². The third-order valence-electron chi connectivity index (χ3n) is 9.96. The Bertz CT molecular complexity index is 1570. The molecule has 3 aromatic rings. The lowest BCUT2D eigenvalue weighted by Gasteiger charge is -2.43. The maximum Gasteiger partial charge on any atom is 0.318 e. The topological polar surface area (TPSA) is 128 Å². The van der Waals surface area contributed by atoms with E-state index in [0.717, 1.165) is 41.2 Å². The Morgan fingerprint density at radius 1 is 0.796 bits per heavy atom. The third kappa shape index (κ3) is 9.38. The molecule has 2 aliphatic rings. The number of rotatable bonds is 13. The molecule has 10 heteroatoms. The molecule has 2 aliphatic heterocycles. The number of amides is 5. The van der Waals surface area contributed by atoms with Gasteiger partial charge in [-0.2, -0.15) is 0 Å². The van der Waals surface area contributed by atoms with E-state index in [1.807, 2.05) is 72.5 Å². The molecule has 2 saturated heterocycles. The summed E-state index contributed by atoms with van der Waals surface area (Å²) >= 11 is 0. The smallest absolute Gasteiger partial charge is 0.318 e. The lowest BCUT2D eigenvalue weighted by molar-refractivity contribution is -0.142. The van der Waals surface area contributed by atoms with Gasteiger partial charge in [-0.3, -0.25) is 14.4 Å². The zero-order valence-electron chi connectivity index (χ0n) is 28.9. The maximum absolute atomic E-state index is 14.5. The molecule has 2 fully saturated rings. The minimum atomic E-state index is -0.822. The molecule has 262 valence electrons. The summed E-state index contributed by atoms with van der Waals surface area (Å²) < 4.78 is 0. The number of piperazine rings is 1. The molecule has 0 bridgehead atoms. The van der Waals surface area contributed by atoms with Gasteiger partial charge in [0, 0.05) is 58.7 Å². The van der Waals surface area contributed by atoms with E-state index in [1.165, 1.54) is 0 Å². The van der Waals surface area contributed by atoms with Crippen LogP contribution in [0, 0.1) is 5.41 Å². The molecule has 0 aliphatic carbocycles. The number of hydrogen-bond donors (Lipinski definition) is 3. The number of carbonyl (C=O) groups excluding carboxylic acids is 4. The molecule has 5 rings (SSSR count). The zero-order valence-corrected chi connectivity index (χ0v) is 28.9. The van der Waals surface area contributed by atoms with Crippen molar-refractivity contribution in [3.8, 4) is 0 Å². The molecule has 4 N–H and O–H groups in total. The molecule has 0 radical (unpaired) electrons. The Hall–Kier alpha value is -4.44. The lowest BCUT2D eigenvalue weighted by atomic mass is 9.74. The van der Waals surface area contributed by atoms with E-state index in [2.05, 4.69) is 22.8 Å². The van der Waals surface area contributed by atoms with Crippen molar-refractivity contribution in [1.82, 2.24) is 25.3 Å². The van der Waals surface area contributed by atoms with Gasteiger partial charge in [-0.1, -0.05) is 79.2 Å². The number of nitrogens with one attached hydrogen (secondary N) is 2. The predicted molar refractivity (Wildman–Crippen MR) is 193 cm³/mol. The fourth-order valence-electron chi connectivity index (χ4n) is 7.24. The van der Waals surface area contributed by atoms with Crippen LogP contribution in [-0.4, -0.2) is 96.9 Å². The van der Waals surface area contributed by atoms with Crippen molar-refractivity contribution in [2.24, 2.45) is 11.1 Å². The first-order valence-corrected chi connectivity index (χ1v) is 17.9. The number of nitrogens with two attached hydrogens (primary N) is 1. The van der Waals surface area contributed by atoms with Crippen LogP contribution in [0.5, 0.6) is 0 Å². The minimum Gasteiger partial charge on any atom is -0.356 e. The van der Waals surface area contributed by atoms with Crippen LogP contribution in [-0.2, 0) is 27.2 Å². The number of hydrogen-bond acceptors (Lipinski definition) is 5. The summed E-state index contributed by atoms with van der Waals surface area (Å²) in [6.07, 6.45) is 5.37. The van der Waals surface area contributed by atoms with E-state index in [4.69, 9.17) is 5.73 Å². The fraction of sp³-hybridized carbons (Fsp3) is 0.487. The van der Waals surface area contributed by atoms with Crippen LogP contribution in [0.25, 0.3) is 10.8 Å². The Morgan fingerprint density at radius 2 is 1.51 bits per heavy atom. The van der Waals surface area contributed by atoms with Gasteiger partial charge in [0.2, 0.25) is 17.7 Å². The number of carbonyl (C=O) groups is 4. The van der Waals surface area contributed by atoms with E-state index in [0.29, 0.717) is 77.9 Å². The quantitative estimate of drug-likeness (QED) is 0.236. The van der Waals surface area contributed by atoms with E-state index in [1.54, 1.807) is 9.80 Å². The standard InChI is InChI=1S/C39H52N6O4/c1-2-41-37(48)39(28-30-12-5-3-6-13-30)19-11-21-45(29-39)36(47)34(27-31-17-18-32-14-8-9-15-33(32)26-31)42-38(49)44-24-22-43(23-25-44)35(46)16-7-4-10-20-40/h3,5-6,8-9,12-15,17-18,26,34H,2,4,7,10-11,16,19-25,27-29,40H2,1H3,(H,41,48)(H,42,49)/t34-,39+/m1/s1. The summed E-state index contributed by atoms with van der Waals surface area (Å²) in [5.74, 6) is -0.120. The summed E-state index contributed by atoms with van der Waals surface area (Å²) in [4.78, 5) is 59.9. The van der Waals surface area contributed by atoms with Gasteiger partial charge in [0.1, 0.15) is 6.04 Å². The predicted octanol–water partition coefficient (Wildman–Crippen LogP) is 4.11. The minimum absolute atomic E-state index is 0.0433. The molecule has 3 aromatic carbocycles. The van der Waals surface area contributed by atoms with E-state index in [9.17, 15) is 19.2 Å². The number of urea groups is 1. The first kappa shape index (κ1) is 35.9. The van der Waals surface area contributed by atoms with Gasteiger partial charge >= 0.3 is 6.03 Å². The summed E-state index contributed by atoms with van der Waals surface area (Å²) in [6.45, 7) is 5.59. The monoisotopic (exact) mass is 668 g/mol. The summed E-state index contributed by atoms with van der Waals surface area (Å²) in [5.41, 5.74) is 6.81. The van der Waals surface area contributed by atoms with Crippen LogP contribution in [0.15, 0.2) is 72.8 Å². The van der Waals surface area contributed by atoms with Gasteiger partial charge in [0.25, 0.3) is 0 Å². The molecule has 5 amide bonds. The number of nitrogens with zero attached hydrogens (tertiary/aromatic N) is 3. The van der Waals surface area contributed by atoms with Crippen LogP contribution in [0.3, 0.4) is 0 Å². The van der Waals surface area contributed by atoms with Gasteiger partial charge in [0.15, 0.2) is 0 Å². The molecule has 0 unspecified atom stereocenters. The van der Waals surface area contributed by atoms with Gasteiger partial charge in [0.05, 0.1) is 5.41 Å². The SMILES string of the molecule is CCNC(=O)[C@]1(Cc2ccccc2)CCCN(C(=O)[C@@H](Cc2ccc3ccccc3c2)NC(=O)N2CCN(C(=O)CCCCCN)CC2)C1. The Kier molecular flexibility index (Phi) is 12.6. The summed E-state index contributed by atoms with van der Waals surface area (Å²) in [7, 11) is 0. The van der Waals surface area contributed by atoms with Gasteiger partial charge in [-0.25, -0.2) is 4.79 Å². The van der Waals surface area contributed by atoms with Crippen molar-refractivity contribution in [1.29, 1.82) is 0 Å². The zero-order chi connectivity index (χ0) is 34.6. The van der Waals surface area contributed by atoms with E-state index < -0.39 is 11.5 Å². The fourth-order valence-corrected chi connectivity index (χ4v) is 7.24. The van der Waals surface area contributed by atoms with Gasteiger partial charge < -0.3 is 31.1 Å². The van der Waals surface area contributed by atoms with E-state index in [-0.39, 0.29) is 30.3 Å². The largest absolute Gasteiger partial charge is 0.356 e. The van der Waals surface area contributed by atoms with Crippen LogP contribution in [0.1, 0.15) is 56.6 Å². The van der Waals surface area contributed by atoms with Crippen LogP contribution >= 0.6 is 0 Å². The first-order valence-electron chi connectivity index (χ1n) is 17.9. The first-order chi connectivity index (χ1) is 23.8. The highest BCUT2D eigenvalue weighted by molar-refractivity contribution is 5.90. The third-order valence-corrected chi connectivity index (χ3v) is 9.96. The normalized spacial score (nSPS) is 18.6. The maximum atomic E-state index is 14.5. The molecule has 0 aromatic heterocycles. The molecule has 2 heterocycles. The van der Waals surface area contributed by atoms with Crippen molar-refractivity contribution in [2.75, 3.05) is 52.4 Å². The number of piperidine rings is 1. The number of unbranched alkanes of at least 4 members (excludes halogenated alkanes) is 2.